The first-order chi connectivity index (χ1) is 10.6. The van der Waals surface area contributed by atoms with E-state index in [0.29, 0.717) is 22.2 Å². The van der Waals surface area contributed by atoms with E-state index in [-0.39, 0.29) is 11.4 Å². The molecule has 0 atom stereocenters. The summed E-state index contributed by atoms with van der Waals surface area (Å²) in [6, 6.07) is 8.94. The molecule has 3 rings (SSSR count). The van der Waals surface area contributed by atoms with E-state index in [0.717, 1.165) is 0 Å². The van der Waals surface area contributed by atoms with E-state index in [1.807, 2.05) is 0 Å². The van der Waals surface area contributed by atoms with Gasteiger partial charge in [0, 0.05) is 17.3 Å². The van der Waals surface area contributed by atoms with Crippen LogP contribution in [0.15, 0.2) is 48.0 Å². The van der Waals surface area contributed by atoms with Crippen molar-refractivity contribution in [2.75, 3.05) is 5.32 Å². The number of nitrogens with one attached hydrogen (secondary N) is 1. The summed E-state index contributed by atoms with van der Waals surface area (Å²) in [6.45, 7) is 0. The molecule has 0 amide bonds. The average Bonchev–Trinajstić information content (AvgIpc) is 2.96. The molecule has 2 heterocycles. The van der Waals surface area contributed by atoms with Gasteiger partial charge in [0.05, 0.1) is 11.3 Å². The zero-order valence-electron chi connectivity index (χ0n) is 11.2. The fourth-order valence-corrected chi connectivity index (χ4v) is 2.57. The number of hydrogen-bond donors (Lipinski definition) is 2. The molecule has 3 aromatic rings. The smallest absolute Gasteiger partial charge is 0.335 e. The van der Waals surface area contributed by atoms with Crippen LogP contribution in [0.5, 0.6) is 0 Å². The van der Waals surface area contributed by atoms with Crippen molar-refractivity contribution in [2.45, 2.75) is 0 Å². The first kappa shape index (κ1) is 14.2. The number of aromatic nitrogens is 2. The number of halogens is 1. The molecule has 2 N–H and O–H groups in total. The van der Waals surface area contributed by atoms with Gasteiger partial charge in [-0.2, -0.15) is 0 Å². The molecule has 0 unspecified atom stereocenters. The predicted octanol–water partition coefficient (Wildman–Crippen LogP) is 3.79. The minimum atomic E-state index is -1.02. The summed E-state index contributed by atoms with van der Waals surface area (Å²) in [5.41, 5.74) is 1.78. The zero-order valence-corrected chi connectivity index (χ0v) is 12.0. The number of carbonyl (C=O) groups is 1. The molecule has 110 valence electrons. The number of thiazole rings is 1. The highest BCUT2D eigenvalue weighted by molar-refractivity contribution is 7.14. The number of hydrogen-bond acceptors (Lipinski definition) is 5. The average molecular weight is 315 g/mol. The van der Waals surface area contributed by atoms with Gasteiger partial charge >= 0.3 is 5.97 Å². The van der Waals surface area contributed by atoms with E-state index >= 15 is 0 Å². The van der Waals surface area contributed by atoms with Crippen molar-refractivity contribution in [1.29, 1.82) is 0 Å². The number of nitrogens with zero attached hydrogens (tertiary/aromatic N) is 2. The maximum Gasteiger partial charge on any atom is 0.335 e. The summed E-state index contributed by atoms with van der Waals surface area (Å²) in [4.78, 5) is 19.4. The number of carboxylic acids is 1. The Labute approximate surface area is 129 Å². The van der Waals surface area contributed by atoms with E-state index in [9.17, 15) is 9.18 Å². The van der Waals surface area contributed by atoms with Gasteiger partial charge < -0.3 is 10.4 Å². The summed E-state index contributed by atoms with van der Waals surface area (Å²) in [6.07, 6.45) is 1.43. The second-order valence-electron chi connectivity index (χ2n) is 4.41. The molecule has 0 bridgehead atoms. The Morgan fingerprint density at radius 1 is 1.23 bits per heavy atom. The van der Waals surface area contributed by atoms with Gasteiger partial charge in [-0.1, -0.05) is 6.07 Å². The number of benzene rings is 1. The lowest BCUT2D eigenvalue weighted by atomic mass is 10.2. The lowest BCUT2D eigenvalue weighted by Crippen LogP contribution is -1.97. The summed E-state index contributed by atoms with van der Waals surface area (Å²) in [5, 5.41) is 14.3. The second kappa shape index (κ2) is 5.90. The van der Waals surface area contributed by atoms with Crippen LogP contribution in [0.25, 0.3) is 11.4 Å². The van der Waals surface area contributed by atoms with Crippen molar-refractivity contribution in [2.24, 2.45) is 0 Å². The predicted molar refractivity (Wildman–Crippen MR) is 82.0 cm³/mol. The molecule has 0 radical (unpaired) electrons. The van der Waals surface area contributed by atoms with E-state index in [2.05, 4.69) is 15.3 Å². The Kier molecular flexibility index (Phi) is 3.80. The minimum Gasteiger partial charge on any atom is -0.478 e. The fourth-order valence-electron chi connectivity index (χ4n) is 1.84. The van der Waals surface area contributed by atoms with Crippen LogP contribution >= 0.6 is 11.3 Å². The summed E-state index contributed by atoms with van der Waals surface area (Å²) in [7, 11) is 0. The molecule has 7 heteroatoms. The quantitative estimate of drug-likeness (QED) is 0.766. The lowest BCUT2D eigenvalue weighted by Gasteiger charge is -2.02. The molecule has 0 fully saturated rings. The Morgan fingerprint density at radius 3 is 2.86 bits per heavy atom. The van der Waals surface area contributed by atoms with E-state index in [1.165, 1.54) is 41.8 Å². The van der Waals surface area contributed by atoms with Gasteiger partial charge in [-0.15, -0.1) is 11.3 Å². The summed E-state index contributed by atoms with van der Waals surface area (Å²) in [5.74, 6) is -1.35. The third-order valence-corrected chi connectivity index (χ3v) is 3.61. The molecular formula is C15H10FN3O2S. The molecule has 0 saturated carbocycles. The highest BCUT2D eigenvalue weighted by Gasteiger charge is 2.09. The second-order valence-corrected chi connectivity index (χ2v) is 5.27. The van der Waals surface area contributed by atoms with Gasteiger partial charge in [-0.3, -0.25) is 4.98 Å². The maximum absolute atomic E-state index is 13.1. The van der Waals surface area contributed by atoms with Gasteiger partial charge in [-0.25, -0.2) is 14.2 Å². The molecule has 0 spiro atoms. The molecule has 0 aliphatic heterocycles. The van der Waals surface area contributed by atoms with Crippen LogP contribution in [0.2, 0.25) is 0 Å². The number of rotatable bonds is 4. The largest absolute Gasteiger partial charge is 0.478 e. The van der Waals surface area contributed by atoms with Crippen LogP contribution in [-0.2, 0) is 0 Å². The van der Waals surface area contributed by atoms with Crippen LogP contribution in [0.3, 0.4) is 0 Å². The Hall–Kier alpha value is -2.80. The van der Waals surface area contributed by atoms with Gasteiger partial charge in [-0.05, 0) is 30.3 Å². The van der Waals surface area contributed by atoms with E-state index in [4.69, 9.17) is 5.11 Å². The monoisotopic (exact) mass is 315 g/mol. The third kappa shape index (κ3) is 3.09. The van der Waals surface area contributed by atoms with Crippen LogP contribution in [0.1, 0.15) is 10.4 Å². The van der Waals surface area contributed by atoms with E-state index < -0.39 is 5.97 Å². The highest BCUT2D eigenvalue weighted by Crippen LogP contribution is 2.26. The van der Waals surface area contributed by atoms with Crippen LogP contribution in [0, 0.1) is 5.82 Å². The fraction of sp³-hybridized carbons (Fsp3) is 0. The zero-order chi connectivity index (χ0) is 15.5. The van der Waals surface area contributed by atoms with E-state index in [1.54, 1.807) is 17.5 Å². The normalized spacial score (nSPS) is 10.4. The third-order valence-electron chi connectivity index (χ3n) is 2.85. The summed E-state index contributed by atoms with van der Waals surface area (Å²) < 4.78 is 13.1. The van der Waals surface area contributed by atoms with Gasteiger partial charge in [0.2, 0.25) is 0 Å². The Bertz CT molecular complexity index is 835. The molecular weight excluding hydrogens is 305 g/mol. The molecule has 1 aromatic carbocycles. The molecule has 22 heavy (non-hydrogen) atoms. The topological polar surface area (TPSA) is 75.1 Å². The maximum atomic E-state index is 13.1. The first-order valence-corrected chi connectivity index (χ1v) is 7.17. The van der Waals surface area contributed by atoms with Gasteiger partial charge in [0.25, 0.3) is 0 Å². The number of aromatic carboxylic acids is 1. The SMILES string of the molecule is O=C(O)c1ccnc(-c2csc(Nc3cccc(F)c3)n2)c1. The van der Waals surface area contributed by atoms with Crippen molar-refractivity contribution >= 4 is 28.1 Å². The molecule has 0 aliphatic rings. The van der Waals surface area contributed by atoms with Gasteiger partial charge in [0.15, 0.2) is 5.13 Å². The minimum absolute atomic E-state index is 0.151. The molecule has 0 aliphatic carbocycles. The van der Waals surface area contributed by atoms with Crippen molar-refractivity contribution in [3.8, 4) is 11.4 Å². The number of anilines is 2. The van der Waals surface area contributed by atoms with Crippen molar-refractivity contribution in [1.82, 2.24) is 9.97 Å². The molecule has 2 aromatic heterocycles. The van der Waals surface area contributed by atoms with Crippen LogP contribution in [0.4, 0.5) is 15.2 Å². The Balaban J connectivity index is 1.84. The number of pyridine rings is 1. The standard InChI is InChI=1S/C15H10FN3O2S/c16-10-2-1-3-11(7-10)18-15-19-13(8-22-15)12-6-9(14(20)21)4-5-17-12/h1-8H,(H,18,19)(H,20,21). The van der Waals surface area contributed by atoms with Crippen molar-refractivity contribution in [3.05, 3.63) is 59.4 Å². The number of carboxylic acid groups (broad SMARTS) is 1. The van der Waals surface area contributed by atoms with Crippen molar-refractivity contribution in [3.63, 3.8) is 0 Å². The first-order valence-electron chi connectivity index (χ1n) is 6.29. The van der Waals surface area contributed by atoms with Crippen molar-refractivity contribution < 1.29 is 14.3 Å². The highest BCUT2D eigenvalue weighted by atomic mass is 32.1. The van der Waals surface area contributed by atoms with Crippen LogP contribution < -0.4 is 5.32 Å². The summed E-state index contributed by atoms with van der Waals surface area (Å²) >= 11 is 1.33. The Morgan fingerprint density at radius 2 is 2.09 bits per heavy atom. The lowest BCUT2D eigenvalue weighted by molar-refractivity contribution is 0.0697. The molecule has 5 nitrogen and oxygen atoms in total. The van der Waals surface area contributed by atoms with Gasteiger partial charge in [0.1, 0.15) is 11.5 Å². The molecule has 0 saturated heterocycles. The van der Waals surface area contributed by atoms with Crippen LogP contribution in [-0.4, -0.2) is 21.0 Å².